The molecule has 1 amide bonds. The minimum absolute atomic E-state index is 0. The minimum Gasteiger partial charge on any atom is -0.355 e. The Labute approximate surface area is 78.9 Å². The van der Waals surface area contributed by atoms with Crippen LogP contribution < -0.4 is 16.0 Å². The third kappa shape index (κ3) is 3.38. The maximum atomic E-state index is 11.1. The molecule has 1 fully saturated rings. The molecule has 0 aromatic heterocycles. The van der Waals surface area contributed by atoms with Gasteiger partial charge < -0.3 is 16.0 Å². The predicted octanol–water partition coefficient (Wildman–Crippen LogP) is -1.04. The van der Waals surface area contributed by atoms with E-state index in [2.05, 4.69) is 16.0 Å². The van der Waals surface area contributed by atoms with Crippen molar-refractivity contribution in [2.24, 2.45) is 5.92 Å². The fourth-order valence-corrected chi connectivity index (χ4v) is 0.929. The van der Waals surface area contributed by atoms with E-state index in [0.29, 0.717) is 0 Å². The van der Waals surface area contributed by atoms with Crippen molar-refractivity contribution in [1.82, 2.24) is 16.0 Å². The quantitative estimate of drug-likeness (QED) is 0.501. The molecule has 1 heterocycles. The van der Waals surface area contributed by atoms with Gasteiger partial charge in [-0.1, -0.05) is 0 Å². The van der Waals surface area contributed by atoms with Crippen molar-refractivity contribution >= 4 is 18.3 Å². The summed E-state index contributed by atoms with van der Waals surface area (Å²) in [5, 5.41) is 8.87. The van der Waals surface area contributed by atoms with Crippen LogP contribution >= 0.6 is 12.4 Å². The van der Waals surface area contributed by atoms with Crippen molar-refractivity contribution in [1.29, 1.82) is 0 Å². The zero-order chi connectivity index (χ0) is 8.10. The number of nitrogens with one attached hydrogen (secondary N) is 3. The van der Waals surface area contributed by atoms with Gasteiger partial charge in [-0.25, -0.2) is 0 Å². The molecule has 0 aromatic rings. The predicted molar refractivity (Wildman–Crippen MR) is 50.5 cm³/mol. The molecule has 0 atom stereocenters. The normalized spacial score (nSPS) is 16.1. The second-order valence-corrected chi connectivity index (χ2v) is 2.75. The lowest BCUT2D eigenvalue weighted by Gasteiger charge is -2.25. The molecule has 0 aliphatic carbocycles. The number of likely N-dealkylation sites (N-methyl/N-ethyl adjacent to an activating group) is 1. The summed E-state index contributed by atoms with van der Waals surface area (Å²) < 4.78 is 0. The number of halogens is 1. The van der Waals surface area contributed by atoms with Gasteiger partial charge in [0.15, 0.2) is 0 Å². The fraction of sp³-hybridized carbons (Fsp3) is 0.857. The van der Waals surface area contributed by atoms with Crippen molar-refractivity contribution < 1.29 is 4.79 Å². The van der Waals surface area contributed by atoms with E-state index in [-0.39, 0.29) is 24.2 Å². The van der Waals surface area contributed by atoms with Crippen LogP contribution in [0.25, 0.3) is 0 Å². The number of hydrogen-bond donors (Lipinski definition) is 3. The highest BCUT2D eigenvalue weighted by Crippen LogP contribution is 2.00. The first-order valence-electron chi connectivity index (χ1n) is 3.97. The molecule has 0 spiro atoms. The van der Waals surface area contributed by atoms with Crippen LogP contribution in [0.4, 0.5) is 0 Å². The van der Waals surface area contributed by atoms with Crippen molar-refractivity contribution in [2.45, 2.75) is 0 Å². The molecule has 5 heteroatoms. The van der Waals surface area contributed by atoms with E-state index < -0.39 is 0 Å². The van der Waals surface area contributed by atoms with E-state index in [4.69, 9.17) is 0 Å². The molecule has 3 N–H and O–H groups in total. The highest BCUT2D eigenvalue weighted by molar-refractivity contribution is 5.85. The Bertz CT molecular complexity index is 139. The van der Waals surface area contributed by atoms with Crippen LogP contribution in [-0.4, -0.2) is 39.1 Å². The van der Waals surface area contributed by atoms with Crippen molar-refractivity contribution in [3.63, 3.8) is 0 Å². The second-order valence-electron chi connectivity index (χ2n) is 2.75. The van der Waals surface area contributed by atoms with Gasteiger partial charge in [0.25, 0.3) is 0 Å². The van der Waals surface area contributed by atoms with Gasteiger partial charge >= 0.3 is 0 Å². The zero-order valence-electron chi connectivity index (χ0n) is 7.22. The Morgan fingerprint density at radius 1 is 1.50 bits per heavy atom. The standard InChI is InChI=1S/C7H15N3O.ClH/c1-8-2-3-10-7(11)6-4-9-5-6;/h6,8-9H,2-5H2,1H3,(H,10,11);1H. The van der Waals surface area contributed by atoms with Crippen LogP contribution in [0.2, 0.25) is 0 Å². The summed E-state index contributed by atoms with van der Waals surface area (Å²) >= 11 is 0. The molecule has 72 valence electrons. The molecule has 0 saturated carbocycles. The summed E-state index contributed by atoms with van der Waals surface area (Å²) in [7, 11) is 1.87. The Morgan fingerprint density at radius 3 is 2.58 bits per heavy atom. The average molecular weight is 194 g/mol. The summed E-state index contributed by atoms with van der Waals surface area (Å²) in [6.45, 7) is 3.24. The zero-order valence-corrected chi connectivity index (χ0v) is 8.04. The minimum atomic E-state index is 0. The van der Waals surface area contributed by atoms with Crippen LogP contribution in [0.15, 0.2) is 0 Å². The third-order valence-electron chi connectivity index (χ3n) is 1.83. The molecule has 0 radical (unpaired) electrons. The van der Waals surface area contributed by atoms with Gasteiger partial charge in [0.1, 0.15) is 0 Å². The van der Waals surface area contributed by atoms with E-state index in [1.165, 1.54) is 0 Å². The molecule has 0 bridgehead atoms. The Morgan fingerprint density at radius 2 is 2.17 bits per heavy atom. The number of rotatable bonds is 4. The van der Waals surface area contributed by atoms with Gasteiger partial charge in [0, 0.05) is 26.2 Å². The van der Waals surface area contributed by atoms with Gasteiger partial charge in [-0.05, 0) is 7.05 Å². The van der Waals surface area contributed by atoms with Gasteiger partial charge in [-0.15, -0.1) is 12.4 Å². The van der Waals surface area contributed by atoms with Crippen LogP contribution in [0.3, 0.4) is 0 Å². The maximum Gasteiger partial charge on any atom is 0.225 e. The number of hydrogen-bond acceptors (Lipinski definition) is 3. The summed E-state index contributed by atoms with van der Waals surface area (Å²) in [5.41, 5.74) is 0. The third-order valence-corrected chi connectivity index (χ3v) is 1.83. The molecular weight excluding hydrogens is 178 g/mol. The highest BCUT2D eigenvalue weighted by Gasteiger charge is 2.23. The van der Waals surface area contributed by atoms with Crippen molar-refractivity contribution in [3.8, 4) is 0 Å². The summed E-state index contributed by atoms with van der Waals surface area (Å²) in [5.74, 6) is 0.394. The van der Waals surface area contributed by atoms with E-state index >= 15 is 0 Å². The molecule has 0 unspecified atom stereocenters. The maximum absolute atomic E-state index is 11.1. The first kappa shape index (κ1) is 11.7. The topological polar surface area (TPSA) is 53.2 Å². The SMILES string of the molecule is CNCCNC(=O)C1CNC1.Cl. The van der Waals surface area contributed by atoms with Gasteiger partial charge in [-0.2, -0.15) is 0 Å². The average Bonchev–Trinajstić information content (AvgIpc) is 1.84. The molecule has 4 nitrogen and oxygen atoms in total. The van der Waals surface area contributed by atoms with Crippen LogP contribution in [0.5, 0.6) is 0 Å². The lowest BCUT2D eigenvalue weighted by Crippen LogP contribution is -2.51. The first-order valence-corrected chi connectivity index (χ1v) is 3.97. The second kappa shape index (κ2) is 6.22. The molecule has 1 rings (SSSR count). The van der Waals surface area contributed by atoms with Crippen molar-refractivity contribution in [2.75, 3.05) is 33.2 Å². The monoisotopic (exact) mass is 193 g/mol. The Kier molecular flexibility index (Phi) is 6.06. The summed E-state index contributed by atoms with van der Waals surface area (Å²) in [6, 6.07) is 0. The van der Waals surface area contributed by atoms with Crippen molar-refractivity contribution in [3.05, 3.63) is 0 Å². The number of amides is 1. The van der Waals surface area contributed by atoms with E-state index in [1.54, 1.807) is 0 Å². The lowest BCUT2D eigenvalue weighted by molar-refractivity contribution is -0.126. The van der Waals surface area contributed by atoms with E-state index in [1.807, 2.05) is 7.05 Å². The Hall–Kier alpha value is -0.320. The molecule has 12 heavy (non-hydrogen) atoms. The van der Waals surface area contributed by atoms with Crippen LogP contribution in [0, 0.1) is 5.92 Å². The van der Waals surface area contributed by atoms with Crippen LogP contribution in [-0.2, 0) is 4.79 Å². The van der Waals surface area contributed by atoms with Crippen LogP contribution in [0.1, 0.15) is 0 Å². The van der Waals surface area contributed by atoms with Gasteiger partial charge in [0.05, 0.1) is 5.92 Å². The van der Waals surface area contributed by atoms with E-state index in [0.717, 1.165) is 26.2 Å². The number of carbonyl (C=O) groups excluding carboxylic acids is 1. The number of carbonyl (C=O) groups is 1. The van der Waals surface area contributed by atoms with Gasteiger partial charge in [0.2, 0.25) is 5.91 Å². The molecule has 1 aliphatic heterocycles. The molecular formula is C7H16ClN3O. The molecule has 1 aliphatic rings. The summed E-state index contributed by atoms with van der Waals surface area (Å²) in [4.78, 5) is 11.1. The Balaban J connectivity index is 0.00000121. The van der Waals surface area contributed by atoms with Gasteiger partial charge in [-0.3, -0.25) is 4.79 Å². The first-order chi connectivity index (χ1) is 5.34. The lowest BCUT2D eigenvalue weighted by atomic mass is 10.0. The fourth-order valence-electron chi connectivity index (χ4n) is 0.929. The summed E-state index contributed by atoms with van der Waals surface area (Å²) in [6.07, 6.45) is 0. The smallest absolute Gasteiger partial charge is 0.225 e. The largest absolute Gasteiger partial charge is 0.355 e. The molecule has 0 aromatic carbocycles. The van der Waals surface area contributed by atoms with E-state index in [9.17, 15) is 4.79 Å². The highest BCUT2D eigenvalue weighted by atomic mass is 35.5. The molecule has 1 saturated heterocycles.